The molecule has 0 aliphatic heterocycles. The summed E-state index contributed by atoms with van der Waals surface area (Å²) in [5.74, 6) is 0.291. The number of unbranched alkanes of at least 4 members (excludes halogenated alkanes) is 12. The van der Waals surface area contributed by atoms with Gasteiger partial charge in [0.1, 0.15) is 0 Å². The molecule has 3 heteroatoms. The summed E-state index contributed by atoms with van der Waals surface area (Å²) in [6.07, 6.45) is 18.0. The molecule has 0 aromatic heterocycles. The van der Waals surface area contributed by atoms with Crippen molar-refractivity contribution >= 4 is 22.2 Å². The molecule has 0 bridgehead atoms. The van der Waals surface area contributed by atoms with E-state index >= 15 is 0 Å². The van der Waals surface area contributed by atoms with Gasteiger partial charge in [-0.25, -0.2) is 0 Å². The highest BCUT2D eigenvalue weighted by atomic mass is 16.1. The van der Waals surface area contributed by atoms with Crippen LogP contribution in [0.1, 0.15) is 107 Å². The van der Waals surface area contributed by atoms with E-state index in [0.717, 1.165) is 34.9 Å². The van der Waals surface area contributed by atoms with Gasteiger partial charge in [0.05, 0.1) is 34.2 Å². The van der Waals surface area contributed by atoms with Crippen molar-refractivity contribution in [1.29, 1.82) is 0 Å². The van der Waals surface area contributed by atoms with Crippen molar-refractivity contribution in [3.63, 3.8) is 0 Å². The van der Waals surface area contributed by atoms with E-state index in [9.17, 15) is 4.79 Å². The van der Waals surface area contributed by atoms with Crippen molar-refractivity contribution in [3.8, 4) is 0 Å². The van der Waals surface area contributed by atoms with Gasteiger partial charge in [-0.2, -0.15) is 0 Å². The third-order valence-electron chi connectivity index (χ3n) is 7.20. The maximum atomic E-state index is 12.7. The van der Waals surface area contributed by atoms with E-state index in [1.807, 2.05) is 6.07 Å². The number of quaternary nitrogens is 1. The monoisotopic (exact) mass is 481 g/mol. The summed E-state index contributed by atoms with van der Waals surface area (Å²) in [5.41, 5.74) is 2.10. The molecule has 35 heavy (non-hydrogen) atoms. The smallest absolute Gasteiger partial charge is 0.162 e. The van der Waals surface area contributed by atoms with E-state index in [4.69, 9.17) is 0 Å². The van der Waals surface area contributed by atoms with Crippen LogP contribution in [-0.2, 0) is 0 Å². The number of carbonyl (C=O) groups excluding carboxylic acids is 1. The topological polar surface area (TPSA) is 20.3 Å². The minimum absolute atomic E-state index is 0.291. The molecule has 0 unspecified atom stereocenters. The maximum absolute atomic E-state index is 12.7. The lowest BCUT2D eigenvalue weighted by Gasteiger charge is -2.28. The fourth-order valence-corrected chi connectivity index (χ4v) is 4.67. The first-order valence-corrected chi connectivity index (χ1v) is 14.4. The zero-order valence-electron chi connectivity index (χ0n) is 23.6. The summed E-state index contributed by atoms with van der Waals surface area (Å²) in [7, 11) is 8.84. The Morgan fingerprint density at radius 2 is 1.23 bits per heavy atom. The highest BCUT2D eigenvalue weighted by Crippen LogP contribution is 2.24. The fourth-order valence-electron chi connectivity index (χ4n) is 4.67. The van der Waals surface area contributed by atoms with Gasteiger partial charge in [0, 0.05) is 24.7 Å². The Morgan fingerprint density at radius 3 is 1.80 bits per heavy atom. The minimum atomic E-state index is 0.291. The lowest BCUT2D eigenvalue weighted by Crippen LogP contribution is -2.41. The summed E-state index contributed by atoms with van der Waals surface area (Å²) in [5, 5.41) is 2.36. The van der Waals surface area contributed by atoms with E-state index in [-0.39, 0.29) is 0 Å². The lowest BCUT2D eigenvalue weighted by molar-refractivity contribution is -0.868. The number of carbonyl (C=O) groups is 1. The van der Waals surface area contributed by atoms with Crippen LogP contribution in [0.25, 0.3) is 10.8 Å². The average Bonchev–Trinajstić information content (AvgIpc) is 2.84. The summed E-state index contributed by atoms with van der Waals surface area (Å²) in [6.45, 7) is 4.40. The normalized spacial score (nSPS) is 11.8. The van der Waals surface area contributed by atoms with Crippen molar-refractivity contribution < 1.29 is 9.28 Å². The molecule has 0 atom stereocenters. The number of rotatable bonds is 19. The van der Waals surface area contributed by atoms with E-state index in [1.54, 1.807) is 0 Å². The molecule has 196 valence electrons. The van der Waals surface area contributed by atoms with Crippen LogP contribution in [-0.4, -0.2) is 51.5 Å². The quantitative estimate of drug-likeness (QED) is 0.114. The van der Waals surface area contributed by atoms with Gasteiger partial charge in [-0.05, 0) is 35.4 Å². The zero-order chi connectivity index (χ0) is 25.5. The summed E-state index contributed by atoms with van der Waals surface area (Å²) in [4.78, 5) is 15.1. The molecular formula is C32H53N2O+. The first-order chi connectivity index (χ1) is 16.8. The summed E-state index contributed by atoms with van der Waals surface area (Å²) >= 11 is 0. The Labute approximate surface area is 216 Å². The second-order valence-corrected chi connectivity index (χ2v) is 11.6. The Bertz CT molecular complexity index is 867. The highest BCUT2D eigenvalue weighted by Gasteiger charge is 2.11. The molecule has 0 aliphatic carbocycles. The predicted molar refractivity (Wildman–Crippen MR) is 155 cm³/mol. The predicted octanol–water partition coefficient (Wildman–Crippen LogP) is 8.65. The van der Waals surface area contributed by atoms with Gasteiger partial charge in [-0.15, -0.1) is 0 Å². The molecule has 2 aromatic carbocycles. The number of Topliss-reactive ketones (excluding diaryl/α,β-unsaturated/α-hetero) is 1. The molecule has 2 rings (SSSR count). The van der Waals surface area contributed by atoms with Crippen LogP contribution in [0.3, 0.4) is 0 Å². The Hall–Kier alpha value is -1.87. The largest absolute Gasteiger partial charge is 0.369 e. The first-order valence-electron chi connectivity index (χ1n) is 14.4. The van der Waals surface area contributed by atoms with Crippen LogP contribution in [0, 0.1) is 0 Å². The SMILES string of the molecule is CCCCCCCCCCCCCCCC(=O)c1ccc2cc(N(C)CC[N+](C)(C)C)ccc2c1. The fraction of sp³-hybridized carbons (Fsp3) is 0.656. The molecule has 0 fully saturated rings. The highest BCUT2D eigenvalue weighted by molar-refractivity contribution is 6.00. The number of hydrogen-bond acceptors (Lipinski definition) is 2. The Kier molecular flexibility index (Phi) is 13.4. The number of anilines is 1. The number of fused-ring (bicyclic) bond motifs is 1. The summed E-state index contributed by atoms with van der Waals surface area (Å²) < 4.78 is 0.961. The number of hydrogen-bond donors (Lipinski definition) is 0. The van der Waals surface area contributed by atoms with E-state index in [1.165, 1.54) is 88.1 Å². The van der Waals surface area contributed by atoms with E-state index < -0.39 is 0 Å². The molecule has 0 heterocycles. The third kappa shape index (κ3) is 12.1. The van der Waals surface area contributed by atoms with Crippen LogP contribution in [0.5, 0.6) is 0 Å². The molecule has 0 aliphatic rings. The minimum Gasteiger partial charge on any atom is -0.369 e. The molecule has 0 radical (unpaired) electrons. The molecule has 0 saturated carbocycles. The average molecular weight is 482 g/mol. The van der Waals surface area contributed by atoms with Gasteiger partial charge in [0.15, 0.2) is 5.78 Å². The third-order valence-corrected chi connectivity index (χ3v) is 7.20. The first kappa shape index (κ1) is 29.4. The molecule has 3 nitrogen and oxygen atoms in total. The van der Waals surface area contributed by atoms with Crippen LogP contribution in [0.2, 0.25) is 0 Å². The van der Waals surface area contributed by atoms with Crippen LogP contribution < -0.4 is 4.90 Å². The summed E-state index contributed by atoms with van der Waals surface area (Å²) in [6, 6.07) is 12.8. The van der Waals surface area contributed by atoms with Crippen molar-refractivity contribution in [2.75, 3.05) is 46.2 Å². The van der Waals surface area contributed by atoms with Gasteiger partial charge >= 0.3 is 0 Å². The maximum Gasteiger partial charge on any atom is 0.162 e. The van der Waals surface area contributed by atoms with Crippen LogP contribution in [0.4, 0.5) is 5.69 Å². The van der Waals surface area contributed by atoms with Crippen LogP contribution >= 0.6 is 0 Å². The molecular weight excluding hydrogens is 428 g/mol. The number of benzene rings is 2. The van der Waals surface area contributed by atoms with Gasteiger partial charge in [0.25, 0.3) is 0 Å². The number of ketones is 1. The molecule has 2 aromatic rings. The Balaban J connectivity index is 1.65. The molecule has 0 amide bonds. The van der Waals surface area contributed by atoms with Crippen molar-refractivity contribution in [2.24, 2.45) is 0 Å². The lowest BCUT2D eigenvalue weighted by atomic mass is 9.99. The van der Waals surface area contributed by atoms with Gasteiger partial charge in [-0.1, -0.05) is 102 Å². The van der Waals surface area contributed by atoms with Crippen molar-refractivity contribution in [2.45, 2.75) is 96.8 Å². The molecule has 0 spiro atoms. The van der Waals surface area contributed by atoms with Crippen LogP contribution in [0.15, 0.2) is 36.4 Å². The molecule has 0 N–H and O–H groups in total. The number of nitrogens with zero attached hydrogens (tertiary/aromatic N) is 2. The van der Waals surface area contributed by atoms with E-state index in [0.29, 0.717) is 12.2 Å². The van der Waals surface area contributed by atoms with E-state index in [2.05, 4.69) is 70.3 Å². The van der Waals surface area contributed by atoms with Gasteiger partial charge in [0.2, 0.25) is 0 Å². The van der Waals surface area contributed by atoms with Crippen molar-refractivity contribution in [1.82, 2.24) is 0 Å². The van der Waals surface area contributed by atoms with Gasteiger partial charge < -0.3 is 9.38 Å². The second kappa shape index (κ2) is 16.0. The van der Waals surface area contributed by atoms with Crippen molar-refractivity contribution in [3.05, 3.63) is 42.0 Å². The Morgan fingerprint density at radius 1 is 0.714 bits per heavy atom. The molecule has 0 saturated heterocycles. The second-order valence-electron chi connectivity index (χ2n) is 11.6. The number of likely N-dealkylation sites (N-methyl/N-ethyl adjacent to an activating group) is 2. The zero-order valence-corrected chi connectivity index (χ0v) is 23.6. The standard InChI is InChI=1S/C32H53N2O/c1-6-7-8-9-10-11-12-13-14-15-16-17-18-19-32(35)30-21-20-29-27-31(23-22-28(29)26-30)33(2)24-25-34(3,4)5/h20-23,26-27H,6-19,24-25H2,1-5H3/q+1. The van der Waals surface area contributed by atoms with Gasteiger partial charge in [-0.3, -0.25) is 4.79 Å².